The number of Topliss-reactive ketones (excluding diaryl/α,β-unsaturated/α-hetero) is 2. The molecule has 2 atom stereocenters. The summed E-state index contributed by atoms with van der Waals surface area (Å²) in [5, 5.41) is 3.16. The Kier molecular flexibility index (Phi) is 14.9. The average molecular weight is 523 g/mol. The molecule has 2 aromatic rings. The highest BCUT2D eigenvalue weighted by molar-refractivity contribution is 5.86. The molecule has 0 spiro atoms. The van der Waals surface area contributed by atoms with Gasteiger partial charge in [0.1, 0.15) is 11.6 Å². The van der Waals surface area contributed by atoms with Crippen molar-refractivity contribution in [2.75, 3.05) is 52.6 Å². The fourth-order valence-electron chi connectivity index (χ4n) is 5.16. The highest BCUT2D eigenvalue weighted by Gasteiger charge is 2.28. The maximum Gasteiger partial charge on any atom is 0.149 e. The minimum atomic E-state index is 0.190. The second-order valence-corrected chi connectivity index (χ2v) is 10.1. The maximum atomic E-state index is 11.6. The van der Waals surface area contributed by atoms with E-state index in [1.165, 1.54) is 18.4 Å². The summed E-state index contributed by atoms with van der Waals surface area (Å²) in [6.07, 6.45) is 8.28. The molecule has 4 aliphatic rings. The van der Waals surface area contributed by atoms with Gasteiger partial charge in [-0.3, -0.25) is 14.5 Å². The number of morpholine rings is 2. The van der Waals surface area contributed by atoms with Crippen molar-refractivity contribution >= 4 is 11.6 Å². The first kappa shape index (κ1) is 30.2. The highest BCUT2D eigenvalue weighted by Crippen LogP contribution is 2.29. The summed E-state index contributed by atoms with van der Waals surface area (Å²) in [6.45, 7) is 7.31. The van der Waals surface area contributed by atoms with Gasteiger partial charge < -0.3 is 14.8 Å². The third-order valence-corrected chi connectivity index (χ3v) is 7.28. The molecule has 0 aromatic heterocycles. The van der Waals surface area contributed by atoms with Crippen LogP contribution in [0.1, 0.15) is 62.8 Å². The number of benzene rings is 2. The molecule has 4 fully saturated rings. The number of carbonyl (C=O) groups is 2. The van der Waals surface area contributed by atoms with Crippen molar-refractivity contribution < 1.29 is 19.1 Å². The summed E-state index contributed by atoms with van der Waals surface area (Å²) in [5.74, 6) is 1.07. The minimum absolute atomic E-state index is 0.190. The van der Waals surface area contributed by atoms with Crippen LogP contribution in [0, 0.1) is 0 Å². The van der Waals surface area contributed by atoms with E-state index in [0.717, 1.165) is 91.1 Å². The Morgan fingerprint density at radius 3 is 1.66 bits per heavy atom. The van der Waals surface area contributed by atoms with Gasteiger partial charge in [-0.1, -0.05) is 79.6 Å². The lowest BCUT2D eigenvalue weighted by Crippen LogP contribution is -2.48. The normalized spacial score (nSPS) is 23.9. The quantitative estimate of drug-likeness (QED) is 0.596. The molecule has 208 valence electrons. The molecule has 6 nitrogen and oxygen atoms in total. The van der Waals surface area contributed by atoms with Crippen LogP contribution >= 0.6 is 0 Å². The zero-order valence-corrected chi connectivity index (χ0v) is 22.9. The van der Waals surface area contributed by atoms with Crippen LogP contribution in [-0.4, -0.2) is 75.1 Å². The second kappa shape index (κ2) is 18.8. The van der Waals surface area contributed by atoms with Gasteiger partial charge in [0.05, 0.1) is 32.5 Å². The summed E-state index contributed by atoms with van der Waals surface area (Å²) >= 11 is 0. The molecule has 1 N–H and O–H groups in total. The highest BCUT2D eigenvalue weighted by atomic mass is 16.5. The van der Waals surface area contributed by atoms with E-state index in [1.54, 1.807) is 0 Å². The molecular formula is C32H46N2O4. The molecule has 6 heteroatoms. The van der Waals surface area contributed by atoms with Crippen LogP contribution in [0.3, 0.4) is 0 Å². The van der Waals surface area contributed by atoms with Gasteiger partial charge in [-0.05, 0) is 31.2 Å². The smallest absolute Gasteiger partial charge is 0.149 e. The number of ketones is 2. The molecule has 2 saturated carbocycles. The van der Waals surface area contributed by atoms with Crippen LogP contribution < -0.4 is 5.32 Å². The SMILES string of the molecule is C1COCCN1.O=C1CCCCC1N1CCOCC1.O=C1CCCCC1c1ccccc1.c1ccccc1. The third kappa shape index (κ3) is 11.6. The summed E-state index contributed by atoms with van der Waals surface area (Å²) in [7, 11) is 0. The third-order valence-electron chi connectivity index (χ3n) is 7.28. The van der Waals surface area contributed by atoms with Gasteiger partial charge in [0, 0.05) is 44.9 Å². The molecule has 0 amide bonds. The van der Waals surface area contributed by atoms with Crippen LogP contribution in [0.5, 0.6) is 0 Å². The summed E-state index contributed by atoms with van der Waals surface area (Å²) < 4.78 is 10.3. The maximum absolute atomic E-state index is 11.6. The van der Waals surface area contributed by atoms with E-state index in [0.29, 0.717) is 11.6 Å². The van der Waals surface area contributed by atoms with Gasteiger partial charge in [0.25, 0.3) is 0 Å². The summed E-state index contributed by atoms with van der Waals surface area (Å²) in [6, 6.07) is 22.4. The Labute approximate surface area is 229 Å². The topological polar surface area (TPSA) is 67.9 Å². The molecule has 2 aliphatic heterocycles. The van der Waals surface area contributed by atoms with Crippen LogP contribution in [0.4, 0.5) is 0 Å². The van der Waals surface area contributed by atoms with E-state index < -0.39 is 0 Å². The van der Waals surface area contributed by atoms with E-state index >= 15 is 0 Å². The van der Waals surface area contributed by atoms with Crippen molar-refractivity contribution in [1.29, 1.82) is 0 Å². The van der Waals surface area contributed by atoms with Gasteiger partial charge in [-0.25, -0.2) is 0 Å². The molecule has 2 unspecified atom stereocenters. The molecule has 0 bridgehead atoms. The van der Waals surface area contributed by atoms with Crippen LogP contribution in [0.15, 0.2) is 66.7 Å². The predicted octanol–water partition coefficient (Wildman–Crippen LogP) is 5.04. The van der Waals surface area contributed by atoms with Gasteiger partial charge >= 0.3 is 0 Å². The molecule has 2 heterocycles. The van der Waals surface area contributed by atoms with E-state index in [1.807, 2.05) is 54.6 Å². The molecular weight excluding hydrogens is 476 g/mol. The number of rotatable bonds is 2. The van der Waals surface area contributed by atoms with Crippen LogP contribution in [0.25, 0.3) is 0 Å². The monoisotopic (exact) mass is 522 g/mol. The Morgan fingerprint density at radius 2 is 1.16 bits per heavy atom. The standard InChI is InChI=1S/C12H14O.C10H17NO2.C6H6.C4H9NO/c13-12-9-5-4-8-11(12)10-6-2-1-3-7-10;12-10-4-2-1-3-9(10)11-5-7-13-8-6-11;1-2-4-6-5-3-1;1-3-6-4-2-5-1/h1-3,6-7,11H,4-5,8-9H2;9H,1-8H2;1-6H;5H,1-4H2. The van der Waals surface area contributed by atoms with E-state index in [4.69, 9.17) is 9.47 Å². The second-order valence-electron chi connectivity index (χ2n) is 10.1. The zero-order chi connectivity index (χ0) is 26.7. The molecule has 2 aliphatic carbocycles. The number of ether oxygens (including phenoxy) is 2. The van der Waals surface area contributed by atoms with Crippen molar-refractivity contribution in [3.63, 3.8) is 0 Å². The van der Waals surface area contributed by atoms with Gasteiger partial charge in [-0.2, -0.15) is 0 Å². The lowest BCUT2D eigenvalue weighted by molar-refractivity contribution is -0.128. The first-order chi connectivity index (χ1) is 18.8. The zero-order valence-electron chi connectivity index (χ0n) is 22.9. The van der Waals surface area contributed by atoms with Crippen LogP contribution in [0.2, 0.25) is 0 Å². The molecule has 2 saturated heterocycles. The molecule has 6 rings (SSSR count). The van der Waals surface area contributed by atoms with Gasteiger partial charge in [0.2, 0.25) is 0 Å². The fraction of sp³-hybridized carbons (Fsp3) is 0.562. The van der Waals surface area contributed by atoms with Crippen molar-refractivity contribution in [3.05, 3.63) is 72.3 Å². The summed E-state index contributed by atoms with van der Waals surface area (Å²) in [4.78, 5) is 25.5. The fourth-order valence-corrected chi connectivity index (χ4v) is 5.16. The van der Waals surface area contributed by atoms with E-state index in [2.05, 4.69) is 22.3 Å². The van der Waals surface area contributed by atoms with E-state index in [-0.39, 0.29) is 12.0 Å². The van der Waals surface area contributed by atoms with Crippen molar-refractivity contribution in [3.8, 4) is 0 Å². The lowest BCUT2D eigenvalue weighted by Gasteiger charge is -2.35. The number of hydrogen-bond acceptors (Lipinski definition) is 6. The van der Waals surface area contributed by atoms with Crippen molar-refractivity contribution in [1.82, 2.24) is 10.2 Å². The predicted molar refractivity (Wildman–Crippen MR) is 152 cm³/mol. The molecule has 0 radical (unpaired) electrons. The van der Waals surface area contributed by atoms with Crippen molar-refractivity contribution in [2.24, 2.45) is 0 Å². The Hall–Kier alpha value is -2.38. The first-order valence-electron chi connectivity index (χ1n) is 14.5. The average Bonchev–Trinajstić information content (AvgIpc) is 3.01. The number of nitrogens with one attached hydrogen (secondary N) is 1. The number of carbonyl (C=O) groups excluding carboxylic acids is 2. The first-order valence-corrected chi connectivity index (χ1v) is 14.5. The van der Waals surface area contributed by atoms with Gasteiger partial charge in [-0.15, -0.1) is 0 Å². The van der Waals surface area contributed by atoms with Gasteiger partial charge in [0.15, 0.2) is 0 Å². The Bertz CT molecular complexity index is 845. The molecule has 2 aromatic carbocycles. The summed E-state index contributed by atoms with van der Waals surface area (Å²) in [5.41, 5.74) is 1.20. The Balaban J connectivity index is 0.000000149. The van der Waals surface area contributed by atoms with E-state index in [9.17, 15) is 9.59 Å². The number of hydrogen-bond donors (Lipinski definition) is 1. The largest absolute Gasteiger partial charge is 0.379 e. The van der Waals surface area contributed by atoms with Crippen LogP contribution in [-0.2, 0) is 19.1 Å². The van der Waals surface area contributed by atoms with Crippen molar-refractivity contribution in [2.45, 2.75) is 63.3 Å². The number of nitrogens with zero attached hydrogens (tertiary/aromatic N) is 1. The minimum Gasteiger partial charge on any atom is -0.379 e. The molecule has 38 heavy (non-hydrogen) atoms. The lowest BCUT2D eigenvalue weighted by atomic mass is 9.83. The Morgan fingerprint density at radius 1 is 0.632 bits per heavy atom.